The van der Waals surface area contributed by atoms with Crippen molar-refractivity contribution in [1.29, 1.82) is 0 Å². The number of carbonyl (C=O) groups excluding carboxylic acids is 1. The first-order valence-corrected chi connectivity index (χ1v) is 11.0. The molecule has 6 heterocycles. The number of fused-ring (bicyclic) bond motifs is 3. The van der Waals surface area contributed by atoms with E-state index in [4.69, 9.17) is 32.9 Å². The molecule has 0 N–H and O–H groups in total. The Balaban J connectivity index is 1.40. The fourth-order valence-corrected chi connectivity index (χ4v) is 4.71. The molecule has 0 aromatic carbocycles. The van der Waals surface area contributed by atoms with Crippen LogP contribution in [0.4, 0.5) is 10.6 Å². The monoisotopic (exact) mass is 459 g/mol. The van der Waals surface area contributed by atoms with E-state index in [0.717, 1.165) is 29.0 Å². The minimum absolute atomic E-state index is 0.119. The molecule has 1 amide bonds. The number of piperidine rings is 1. The van der Waals surface area contributed by atoms with E-state index in [1.54, 1.807) is 16.8 Å². The maximum Gasteiger partial charge on any atom is 0.410 e. The van der Waals surface area contributed by atoms with Crippen LogP contribution >= 0.6 is 23.2 Å². The minimum atomic E-state index is -0.499. The van der Waals surface area contributed by atoms with Gasteiger partial charge in [0, 0.05) is 34.9 Å². The topological polar surface area (TPSA) is 63.0 Å². The van der Waals surface area contributed by atoms with Crippen LogP contribution in [0.2, 0.25) is 10.0 Å². The number of rotatable bonds is 2. The van der Waals surface area contributed by atoms with Gasteiger partial charge in [0.05, 0.1) is 29.5 Å². The summed E-state index contributed by atoms with van der Waals surface area (Å²) in [4.78, 5) is 21.5. The Morgan fingerprint density at radius 1 is 1.13 bits per heavy atom. The molecular weight excluding hydrogens is 437 g/mol. The van der Waals surface area contributed by atoms with E-state index >= 15 is 0 Å². The van der Waals surface area contributed by atoms with E-state index in [1.807, 2.05) is 50.1 Å². The third-order valence-corrected chi connectivity index (χ3v) is 6.11. The van der Waals surface area contributed by atoms with Gasteiger partial charge in [0.15, 0.2) is 0 Å². The van der Waals surface area contributed by atoms with E-state index in [9.17, 15) is 4.79 Å². The molecule has 3 fully saturated rings. The first-order chi connectivity index (χ1) is 14.7. The Bertz CT molecular complexity index is 1160. The summed E-state index contributed by atoms with van der Waals surface area (Å²) in [5, 5.41) is 5.62. The Kier molecular flexibility index (Phi) is 4.79. The lowest BCUT2D eigenvalue weighted by Gasteiger charge is -2.56. The number of pyridine rings is 2. The Morgan fingerprint density at radius 3 is 2.58 bits per heavy atom. The molecule has 3 saturated heterocycles. The highest BCUT2D eigenvalue weighted by Gasteiger charge is 2.49. The molecule has 3 aromatic heterocycles. The second kappa shape index (κ2) is 7.28. The van der Waals surface area contributed by atoms with Crippen molar-refractivity contribution >= 4 is 40.6 Å². The third kappa shape index (κ3) is 3.81. The lowest BCUT2D eigenvalue weighted by Crippen LogP contribution is -2.70. The normalized spacial score (nSPS) is 20.7. The van der Waals surface area contributed by atoms with Crippen LogP contribution in [0.5, 0.6) is 0 Å². The van der Waals surface area contributed by atoms with Gasteiger partial charge in [-0.15, -0.1) is 0 Å². The summed E-state index contributed by atoms with van der Waals surface area (Å²) in [6.07, 6.45) is 4.33. The smallest absolute Gasteiger partial charge is 0.410 e. The molecule has 162 valence electrons. The second-order valence-corrected chi connectivity index (χ2v) is 9.97. The third-order valence-electron chi connectivity index (χ3n) is 5.66. The molecule has 9 heteroatoms. The fraction of sp³-hybridized carbons (Fsp3) is 0.409. The highest BCUT2D eigenvalue weighted by Crippen LogP contribution is 2.37. The van der Waals surface area contributed by atoms with Crippen molar-refractivity contribution in [3.05, 3.63) is 46.7 Å². The van der Waals surface area contributed by atoms with E-state index in [0.29, 0.717) is 23.1 Å². The highest BCUT2D eigenvalue weighted by molar-refractivity contribution is 6.31. The number of nitrogens with zero attached hydrogens (tertiary/aromatic N) is 5. The van der Waals surface area contributed by atoms with Gasteiger partial charge in [0.2, 0.25) is 0 Å². The number of ether oxygens (including phenoxy) is 1. The first-order valence-electron chi connectivity index (χ1n) is 10.2. The summed E-state index contributed by atoms with van der Waals surface area (Å²) >= 11 is 12.6. The number of aromatic nitrogens is 3. The number of amides is 1. The average Bonchev–Trinajstić information content (AvgIpc) is 3.09. The van der Waals surface area contributed by atoms with Crippen LogP contribution in [0.25, 0.3) is 16.8 Å². The molecule has 0 spiro atoms. The number of hydrogen-bond donors (Lipinski definition) is 0. The SMILES string of the molecule is CC(C)(C)OC(=O)N1C2CC1CN(c1cc(Cl)cc(-c3cnn4ccc(Cl)cc34)n1)C2. The van der Waals surface area contributed by atoms with Crippen molar-refractivity contribution in [2.45, 2.75) is 44.9 Å². The summed E-state index contributed by atoms with van der Waals surface area (Å²) in [5.41, 5.74) is 1.97. The van der Waals surface area contributed by atoms with Gasteiger partial charge in [0.25, 0.3) is 0 Å². The molecule has 31 heavy (non-hydrogen) atoms. The van der Waals surface area contributed by atoms with E-state index in [1.165, 1.54) is 0 Å². The summed E-state index contributed by atoms with van der Waals surface area (Å²) in [6, 6.07) is 7.59. The predicted molar refractivity (Wildman–Crippen MR) is 121 cm³/mol. The van der Waals surface area contributed by atoms with Crippen molar-refractivity contribution in [1.82, 2.24) is 19.5 Å². The molecule has 3 aromatic rings. The summed E-state index contributed by atoms with van der Waals surface area (Å²) in [7, 11) is 0. The van der Waals surface area contributed by atoms with Gasteiger partial charge in [-0.3, -0.25) is 4.90 Å². The molecule has 0 aliphatic carbocycles. The van der Waals surface area contributed by atoms with Gasteiger partial charge in [-0.25, -0.2) is 14.3 Å². The maximum absolute atomic E-state index is 12.5. The average molecular weight is 460 g/mol. The van der Waals surface area contributed by atoms with E-state index in [2.05, 4.69) is 10.00 Å². The molecule has 0 radical (unpaired) electrons. The number of hydrogen-bond acceptors (Lipinski definition) is 5. The standard InChI is InChI=1S/C22H23Cl2N5O2/c1-22(2,3)31-21(30)29-15-9-16(29)12-27(11-15)20-8-14(24)6-18(26-20)17-10-25-28-5-4-13(23)7-19(17)28/h4-8,10,15-16H,9,11-12H2,1-3H3. The molecular formula is C22H23Cl2N5O2. The van der Waals surface area contributed by atoms with Gasteiger partial charge in [0.1, 0.15) is 11.4 Å². The molecule has 3 aliphatic heterocycles. The predicted octanol–water partition coefficient (Wildman–Crippen LogP) is 4.90. The quantitative estimate of drug-likeness (QED) is 0.545. The van der Waals surface area contributed by atoms with Crippen molar-refractivity contribution in [3.63, 3.8) is 0 Å². The second-order valence-electron chi connectivity index (χ2n) is 9.10. The largest absolute Gasteiger partial charge is 0.444 e. The number of halogens is 2. The molecule has 3 aliphatic rings. The van der Waals surface area contributed by atoms with Gasteiger partial charge in [-0.05, 0) is 51.5 Å². The Hall–Kier alpha value is -2.51. The lowest BCUT2D eigenvalue weighted by atomic mass is 9.88. The zero-order valence-electron chi connectivity index (χ0n) is 17.5. The van der Waals surface area contributed by atoms with Crippen LogP contribution in [0.3, 0.4) is 0 Å². The number of piperazine rings is 1. The first kappa shape index (κ1) is 20.4. The molecule has 6 rings (SSSR count). The van der Waals surface area contributed by atoms with Crippen LogP contribution in [-0.4, -0.2) is 56.4 Å². The zero-order valence-corrected chi connectivity index (χ0v) is 19.1. The highest BCUT2D eigenvalue weighted by atomic mass is 35.5. The van der Waals surface area contributed by atoms with Crippen molar-refractivity contribution < 1.29 is 9.53 Å². The lowest BCUT2D eigenvalue weighted by molar-refractivity contribution is -0.0380. The van der Waals surface area contributed by atoms with Crippen LogP contribution < -0.4 is 4.90 Å². The Morgan fingerprint density at radius 2 is 1.87 bits per heavy atom. The molecule has 2 unspecified atom stereocenters. The van der Waals surface area contributed by atoms with Gasteiger partial charge in [-0.1, -0.05) is 23.2 Å². The molecule has 0 saturated carbocycles. The van der Waals surface area contributed by atoms with Crippen LogP contribution in [0.1, 0.15) is 27.2 Å². The van der Waals surface area contributed by atoms with Crippen LogP contribution in [0.15, 0.2) is 36.7 Å². The summed E-state index contributed by atoms with van der Waals surface area (Å²) in [5.74, 6) is 0.794. The van der Waals surface area contributed by atoms with Crippen LogP contribution in [0, 0.1) is 0 Å². The number of carbonyl (C=O) groups is 1. The molecule has 2 atom stereocenters. The van der Waals surface area contributed by atoms with E-state index < -0.39 is 5.60 Å². The molecule has 2 bridgehead atoms. The maximum atomic E-state index is 12.5. The molecule has 7 nitrogen and oxygen atoms in total. The summed E-state index contributed by atoms with van der Waals surface area (Å²) in [6.45, 7) is 7.06. The van der Waals surface area contributed by atoms with Crippen LogP contribution in [-0.2, 0) is 4.74 Å². The van der Waals surface area contributed by atoms with Crippen molar-refractivity contribution in [2.75, 3.05) is 18.0 Å². The fourth-order valence-electron chi connectivity index (χ4n) is 4.35. The van der Waals surface area contributed by atoms with Gasteiger partial charge < -0.3 is 9.64 Å². The minimum Gasteiger partial charge on any atom is -0.444 e. The van der Waals surface area contributed by atoms with Gasteiger partial charge >= 0.3 is 6.09 Å². The number of anilines is 1. The van der Waals surface area contributed by atoms with Crippen molar-refractivity contribution in [3.8, 4) is 11.3 Å². The van der Waals surface area contributed by atoms with Crippen molar-refractivity contribution in [2.24, 2.45) is 0 Å². The summed E-state index contributed by atoms with van der Waals surface area (Å²) < 4.78 is 7.33. The Labute approximate surface area is 190 Å². The van der Waals surface area contributed by atoms with Gasteiger partial charge in [-0.2, -0.15) is 5.10 Å². The zero-order chi connectivity index (χ0) is 21.9. The van der Waals surface area contributed by atoms with E-state index in [-0.39, 0.29) is 18.2 Å².